The van der Waals surface area contributed by atoms with Crippen molar-refractivity contribution in [1.29, 1.82) is 0 Å². The van der Waals surface area contributed by atoms with Crippen LogP contribution in [0.15, 0.2) is 41.3 Å². The van der Waals surface area contributed by atoms with E-state index < -0.39 is 5.91 Å². The molecule has 0 spiro atoms. The van der Waals surface area contributed by atoms with E-state index in [9.17, 15) is 4.79 Å². The number of nitrogens with zero attached hydrogens (tertiary/aromatic N) is 4. The SMILES string of the molecule is Cc1cccc(NC(=O)c2nc(-c3cnccn3)no2)c1C. The summed E-state index contributed by atoms with van der Waals surface area (Å²) < 4.78 is 4.98. The highest BCUT2D eigenvalue weighted by Crippen LogP contribution is 2.19. The first kappa shape index (κ1) is 13.9. The van der Waals surface area contributed by atoms with Crippen molar-refractivity contribution in [3.63, 3.8) is 0 Å². The summed E-state index contributed by atoms with van der Waals surface area (Å²) in [5.74, 6) is -0.364. The Morgan fingerprint density at radius 2 is 2.09 bits per heavy atom. The quantitative estimate of drug-likeness (QED) is 0.797. The molecule has 0 saturated carbocycles. The summed E-state index contributed by atoms with van der Waals surface area (Å²) in [5.41, 5.74) is 3.23. The first-order chi connectivity index (χ1) is 10.6. The van der Waals surface area contributed by atoms with Crippen LogP contribution in [0.2, 0.25) is 0 Å². The van der Waals surface area contributed by atoms with Crippen LogP contribution >= 0.6 is 0 Å². The predicted molar refractivity (Wildman–Crippen MR) is 79.2 cm³/mol. The van der Waals surface area contributed by atoms with Crippen LogP contribution in [0.5, 0.6) is 0 Å². The molecule has 1 amide bonds. The molecule has 1 aromatic carbocycles. The van der Waals surface area contributed by atoms with Crippen molar-refractivity contribution in [2.45, 2.75) is 13.8 Å². The second-order valence-electron chi connectivity index (χ2n) is 4.72. The zero-order valence-electron chi connectivity index (χ0n) is 12.1. The van der Waals surface area contributed by atoms with Crippen molar-refractivity contribution in [1.82, 2.24) is 20.1 Å². The number of amides is 1. The highest BCUT2D eigenvalue weighted by molar-refractivity contribution is 6.01. The van der Waals surface area contributed by atoms with E-state index in [-0.39, 0.29) is 11.7 Å². The Kier molecular flexibility index (Phi) is 3.61. The van der Waals surface area contributed by atoms with Gasteiger partial charge in [-0.25, -0.2) is 4.98 Å². The number of aromatic nitrogens is 4. The molecule has 3 aromatic rings. The maximum absolute atomic E-state index is 12.2. The Morgan fingerprint density at radius 1 is 1.23 bits per heavy atom. The standard InChI is InChI=1S/C15H13N5O2/c1-9-4-3-5-11(10(9)2)18-14(21)15-19-13(20-22-15)12-8-16-6-7-17-12/h3-8H,1-2H3,(H,18,21). The van der Waals surface area contributed by atoms with Crippen LogP contribution in [-0.4, -0.2) is 26.0 Å². The average molecular weight is 295 g/mol. The second-order valence-corrected chi connectivity index (χ2v) is 4.72. The zero-order valence-corrected chi connectivity index (χ0v) is 12.1. The van der Waals surface area contributed by atoms with Gasteiger partial charge in [0.25, 0.3) is 0 Å². The highest BCUT2D eigenvalue weighted by Gasteiger charge is 2.17. The normalized spacial score (nSPS) is 10.5. The number of aryl methyl sites for hydroxylation is 1. The van der Waals surface area contributed by atoms with Gasteiger partial charge < -0.3 is 9.84 Å². The summed E-state index contributed by atoms with van der Waals surface area (Å²) in [4.78, 5) is 24.2. The van der Waals surface area contributed by atoms with Crippen LogP contribution < -0.4 is 5.32 Å². The number of anilines is 1. The third-order valence-electron chi connectivity index (χ3n) is 3.27. The number of rotatable bonds is 3. The molecular formula is C15H13N5O2. The van der Waals surface area contributed by atoms with E-state index in [4.69, 9.17) is 4.52 Å². The Bertz CT molecular complexity index is 814. The van der Waals surface area contributed by atoms with Gasteiger partial charge in [0.1, 0.15) is 5.69 Å². The van der Waals surface area contributed by atoms with Crippen molar-refractivity contribution in [3.05, 3.63) is 53.8 Å². The summed E-state index contributed by atoms with van der Waals surface area (Å²) in [6, 6.07) is 5.67. The minimum absolute atomic E-state index is 0.124. The van der Waals surface area contributed by atoms with Crippen molar-refractivity contribution in [2.24, 2.45) is 0 Å². The molecule has 7 heteroatoms. The lowest BCUT2D eigenvalue weighted by atomic mass is 10.1. The monoisotopic (exact) mass is 295 g/mol. The van der Waals surface area contributed by atoms with Gasteiger partial charge in [-0.1, -0.05) is 17.3 Å². The topological polar surface area (TPSA) is 93.8 Å². The fraction of sp³-hybridized carbons (Fsp3) is 0.133. The lowest BCUT2D eigenvalue weighted by molar-refractivity contribution is 0.0981. The van der Waals surface area contributed by atoms with Crippen molar-refractivity contribution in [2.75, 3.05) is 5.32 Å². The fourth-order valence-corrected chi connectivity index (χ4v) is 1.90. The lowest BCUT2D eigenvalue weighted by Crippen LogP contribution is -2.13. The van der Waals surface area contributed by atoms with E-state index in [1.54, 1.807) is 0 Å². The Balaban J connectivity index is 1.82. The molecule has 0 unspecified atom stereocenters. The van der Waals surface area contributed by atoms with Crippen LogP contribution in [0.3, 0.4) is 0 Å². The Morgan fingerprint density at radius 3 is 2.86 bits per heavy atom. The third kappa shape index (κ3) is 2.69. The molecule has 7 nitrogen and oxygen atoms in total. The average Bonchev–Trinajstić information content (AvgIpc) is 3.03. The molecule has 0 fully saturated rings. The third-order valence-corrected chi connectivity index (χ3v) is 3.27. The van der Waals surface area contributed by atoms with Crippen LogP contribution in [-0.2, 0) is 0 Å². The smallest absolute Gasteiger partial charge is 0.316 e. The molecule has 22 heavy (non-hydrogen) atoms. The molecule has 2 heterocycles. The van der Waals surface area contributed by atoms with Crippen LogP contribution in [0.4, 0.5) is 5.69 Å². The van der Waals surface area contributed by atoms with Gasteiger partial charge in [-0.3, -0.25) is 9.78 Å². The predicted octanol–water partition coefficient (Wildman–Crippen LogP) is 2.40. The van der Waals surface area contributed by atoms with Gasteiger partial charge in [0.2, 0.25) is 5.82 Å². The Hall–Kier alpha value is -3.09. The van der Waals surface area contributed by atoms with Gasteiger partial charge in [0.15, 0.2) is 0 Å². The van der Waals surface area contributed by atoms with Crippen LogP contribution in [0, 0.1) is 13.8 Å². The molecule has 0 radical (unpaired) electrons. The minimum Gasteiger partial charge on any atom is -0.328 e. The molecule has 0 bridgehead atoms. The van der Waals surface area contributed by atoms with E-state index in [1.807, 2.05) is 32.0 Å². The largest absolute Gasteiger partial charge is 0.328 e. The number of carbonyl (C=O) groups is 1. The fourth-order valence-electron chi connectivity index (χ4n) is 1.90. The summed E-state index contributed by atoms with van der Waals surface area (Å²) in [5, 5.41) is 6.50. The molecular weight excluding hydrogens is 282 g/mol. The van der Waals surface area contributed by atoms with Crippen molar-refractivity contribution < 1.29 is 9.32 Å². The van der Waals surface area contributed by atoms with Crippen LogP contribution in [0.1, 0.15) is 21.8 Å². The lowest BCUT2D eigenvalue weighted by Gasteiger charge is -2.08. The summed E-state index contributed by atoms with van der Waals surface area (Å²) in [7, 11) is 0. The molecule has 0 saturated heterocycles. The molecule has 1 N–H and O–H groups in total. The molecule has 0 aliphatic carbocycles. The summed E-state index contributed by atoms with van der Waals surface area (Å²) in [6.07, 6.45) is 4.55. The van der Waals surface area contributed by atoms with Gasteiger partial charge in [-0.2, -0.15) is 4.98 Å². The molecule has 3 rings (SSSR count). The number of hydrogen-bond acceptors (Lipinski definition) is 6. The molecule has 2 aromatic heterocycles. The maximum atomic E-state index is 12.2. The molecule has 0 aliphatic rings. The van der Waals surface area contributed by atoms with E-state index in [2.05, 4.69) is 25.4 Å². The maximum Gasteiger partial charge on any atom is 0.316 e. The van der Waals surface area contributed by atoms with Crippen molar-refractivity contribution >= 4 is 11.6 Å². The van der Waals surface area contributed by atoms with E-state index in [0.29, 0.717) is 11.4 Å². The van der Waals surface area contributed by atoms with E-state index in [1.165, 1.54) is 18.6 Å². The minimum atomic E-state index is -0.462. The number of hydrogen-bond donors (Lipinski definition) is 1. The number of carbonyl (C=O) groups excluding carboxylic acids is 1. The van der Waals surface area contributed by atoms with Gasteiger partial charge in [-0.15, -0.1) is 0 Å². The molecule has 0 aliphatic heterocycles. The second kappa shape index (κ2) is 5.72. The number of benzene rings is 1. The van der Waals surface area contributed by atoms with E-state index >= 15 is 0 Å². The van der Waals surface area contributed by atoms with Gasteiger partial charge >= 0.3 is 11.8 Å². The first-order valence-corrected chi connectivity index (χ1v) is 6.63. The molecule has 0 atom stereocenters. The van der Waals surface area contributed by atoms with Crippen LogP contribution in [0.25, 0.3) is 11.5 Å². The zero-order chi connectivity index (χ0) is 15.5. The van der Waals surface area contributed by atoms with E-state index in [0.717, 1.165) is 11.1 Å². The molecule has 110 valence electrons. The van der Waals surface area contributed by atoms with Crippen molar-refractivity contribution in [3.8, 4) is 11.5 Å². The van der Waals surface area contributed by atoms with Gasteiger partial charge in [0, 0.05) is 18.1 Å². The first-order valence-electron chi connectivity index (χ1n) is 6.63. The Labute approximate surface area is 126 Å². The number of nitrogens with one attached hydrogen (secondary N) is 1. The highest BCUT2D eigenvalue weighted by atomic mass is 16.5. The summed E-state index contributed by atoms with van der Waals surface area (Å²) >= 11 is 0. The van der Waals surface area contributed by atoms with Gasteiger partial charge in [-0.05, 0) is 31.0 Å². The van der Waals surface area contributed by atoms with Gasteiger partial charge in [0.05, 0.1) is 6.20 Å². The summed E-state index contributed by atoms with van der Waals surface area (Å²) in [6.45, 7) is 3.91.